The predicted octanol–water partition coefficient (Wildman–Crippen LogP) is 4.24. The summed E-state index contributed by atoms with van der Waals surface area (Å²) in [4.78, 5) is 23.8. The number of hydrogen-bond donors (Lipinski definition) is 0. The summed E-state index contributed by atoms with van der Waals surface area (Å²) < 4.78 is 19.1. The quantitative estimate of drug-likeness (QED) is 0.519. The molecule has 0 bridgehead atoms. The maximum Gasteiger partial charge on any atom is 0.265 e. The molecule has 6 nitrogen and oxygen atoms in total. The first-order valence-corrected chi connectivity index (χ1v) is 11.2. The molecule has 0 atom stereocenters. The zero-order valence-corrected chi connectivity index (χ0v) is 19.2. The first kappa shape index (κ1) is 23.0. The Morgan fingerprint density at radius 2 is 1.73 bits per heavy atom. The van der Waals surface area contributed by atoms with Crippen LogP contribution in [0.25, 0.3) is 0 Å². The van der Waals surface area contributed by atoms with Crippen molar-refractivity contribution in [3.8, 4) is 5.75 Å². The van der Waals surface area contributed by atoms with Gasteiger partial charge in [-0.05, 0) is 67.2 Å². The van der Waals surface area contributed by atoms with Crippen LogP contribution in [0, 0.1) is 5.82 Å². The lowest BCUT2D eigenvalue weighted by atomic mass is 10.2. The number of benzene rings is 2. The van der Waals surface area contributed by atoms with E-state index in [0.29, 0.717) is 23.0 Å². The molecule has 0 radical (unpaired) electrons. The van der Waals surface area contributed by atoms with Crippen LogP contribution in [0.15, 0.2) is 66.9 Å². The molecule has 1 aromatic heterocycles. The van der Waals surface area contributed by atoms with Crippen molar-refractivity contribution in [2.75, 3.05) is 49.6 Å². The monoisotopic (exact) mass is 468 g/mol. The second-order valence-electron chi connectivity index (χ2n) is 8.01. The average Bonchev–Trinajstić information content (AvgIpc) is 2.84. The fourth-order valence-corrected chi connectivity index (χ4v) is 3.74. The molecule has 1 fully saturated rings. The number of hydrogen-bond acceptors (Lipinski definition) is 5. The van der Waals surface area contributed by atoms with Crippen LogP contribution in [0.3, 0.4) is 0 Å². The van der Waals surface area contributed by atoms with Gasteiger partial charge in [-0.15, -0.1) is 0 Å². The van der Waals surface area contributed by atoms with Crippen molar-refractivity contribution in [1.82, 2.24) is 9.88 Å². The Hall–Kier alpha value is -3.16. The van der Waals surface area contributed by atoms with Crippen LogP contribution < -0.4 is 14.5 Å². The standard InChI is InChI=1S/C25H26ClFN4O2/c1-29-12-14-30(15-13-29)24-11-2-19(16-28-24)17-31(22-7-5-21(27)6-8-22)25(32)18-33-23-9-3-20(26)4-10-23/h2-11,16H,12-15,17-18H2,1H3. The van der Waals surface area contributed by atoms with Gasteiger partial charge < -0.3 is 19.4 Å². The number of amides is 1. The molecule has 3 aromatic rings. The minimum absolute atomic E-state index is 0.161. The van der Waals surface area contributed by atoms with Crippen molar-refractivity contribution >= 4 is 29.0 Å². The number of likely N-dealkylation sites (N-methyl/N-ethyl adjacent to an activating group) is 1. The van der Waals surface area contributed by atoms with Gasteiger partial charge in [0.25, 0.3) is 5.91 Å². The van der Waals surface area contributed by atoms with Gasteiger partial charge in [-0.25, -0.2) is 9.37 Å². The maximum atomic E-state index is 13.5. The second kappa shape index (κ2) is 10.6. The molecule has 8 heteroatoms. The summed E-state index contributed by atoms with van der Waals surface area (Å²) in [6.07, 6.45) is 1.79. The smallest absolute Gasteiger partial charge is 0.265 e. The maximum absolute atomic E-state index is 13.5. The van der Waals surface area contributed by atoms with E-state index in [9.17, 15) is 9.18 Å². The number of aromatic nitrogens is 1. The molecule has 172 valence electrons. The van der Waals surface area contributed by atoms with E-state index < -0.39 is 0 Å². The molecule has 1 saturated heterocycles. The normalized spacial score (nSPS) is 14.2. The Morgan fingerprint density at radius 1 is 1.03 bits per heavy atom. The first-order chi connectivity index (χ1) is 16.0. The third kappa shape index (κ3) is 6.21. The highest BCUT2D eigenvalue weighted by atomic mass is 35.5. The summed E-state index contributed by atoms with van der Waals surface area (Å²) in [6.45, 7) is 4.01. The van der Waals surface area contributed by atoms with E-state index in [4.69, 9.17) is 16.3 Å². The molecule has 33 heavy (non-hydrogen) atoms. The molecule has 4 rings (SSSR count). The van der Waals surface area contributed by atoms with Crippen LogP contribution in [0.2, 0.25) is 5.02 Å². The van der Waals surface area contributed by atoms with Gasteiger partial charge in [0.1, 0.15) is 17.4 Å². The molecule has 0 N–H and O–H groups in total. The number of piperazine rings is 1. The van der Waals surface area contributed by atoms with Crippen LogP contribution >= 0.6 is 11.6 Å². The van der Waals surface area contributed by atoms with Crippen molar-refractivity contribution < 1.29 is 13.9 Å². The van der Waals surface area contributed by atoms with E-state index in [2.05, 4.69) is 21.8 Å². The number of ether oxygens (including phenoxy) is 1. The van der Waals surface area contributed by atoms with Crippen LogP contribution in [0.1, 0.15) is 5.56 Å². The molecular weight excluding hydrogens is 443 g/mol. The van der Waals surface area contributed by atoms with E-state index in [1.54, 1.807) is 47.5 Å². The van der Waals surface area contributed by atoms with Gasteiger partial charge in [-0.3, -0.25) is 4.79 Å². The number of anilines is 2. The lowest BCUT2D eigenvalue weighted by Gasteiger charge is -2.33. The molecule has 0 aliphatic carbocycles. The lowest BCUT2D eigenvalue weighted by Crippen LogP contribution is -2.44. The molecular formula is C25H26ClFN4O2. The number of nitrogens with zero attached hydrogens (tertiary/aromatic N) is 4. The molecule has 0 unspecified atom stereocenters. The molecule has 1 aliphatic rings. The Balaban J connectivity index is 1.46. The molecule has 0 spiro atoms. The lowest BCUT2D eigenvalue weighted by molar-refractivity contribution is -0.120. The number of carbonyl (C=O) groups excluding carboxylic acids is 1. The molecule has 1 amide bonds. The van der Waals surface area contributed by atoms with Gasteiger partial charge in [-0.1, -0.05) is 17.7 Å². The minimum Gasteiger partial charge on any atom is -0.484 e. The van der Waals surface area contributed by atoms with Crippen LogP contribution in [0.4, 0.5) is 15.9 Å². The van der Waals surface area contributed by atoms with Crippen molar-refractivity contribution in [3.05, 3.63) is 83.3 Å². The fraction of sp³-hybridized carbons (Fsp3) is 0.280. The zero-order chi connectivity index (χ0) is 23.2. The third-order valence-electron chi connectivity index (χ3n) is 5.59. The highest BCUT2D eigenvalue weighted by molar-refractivity contribution is 6.30. The highest BCUT2D eigenvalue weighted by Crippen LogP contribution is 2.21. The van der Waals surface area contributed by atoms with Crippen LogP contribution in [0.5, 0.6) is 5.75 Å². The highest BCUT2D eigenvalue weighted by Gasteiger charge is 2.19. The van der Waals surface area contributed by atoms with Gasteiger partial charge in [0.15, 0.2) is 6.61 Å². The number of carbonyl (C=O) groups is 1. The van der Waals surface area contributed by atoms with Gasteiger partial charge in [0, 0.05) is 43.1 Å². The fourth-order valence-electron chi connectivity index (χ4n) is 3.61. The Kier molecular flexibility index (Phi) is 7.42. The minimum atomic E-state index is -0.359. The molecule has 2 heterocycles. The largest absolute Gasteiger partial charge is 0.484 e. The molecule has 0 saturated carbocycles. The number of halogens is 2. The first-order valence-electron chi connectivity index (χ1n) is 10.8. The van der Waals surface area contributed by atoms with Gasteiger partial charge in [0.2, 0.25) is 0 Å². The van der Waals surface area contributed by atoms with Crippen LogP contribution in [-0.4, -0.2) is 55.6 Å². The number of rotatable bonds is 7. The van der Waals surface area contributed by atoms with E-state index in [0.717, 1.165) is 37.6 Å². The van der Waals surface area contributed by atoms with Crippen molar-refractivity contribution in [2.24, 2.45) is 0 Å². The summed E-state index contributed by atoms with van der Waals surface area (Å²) in [6, 6.07) is 16.6. The molecule has 1 aliphatic heterocycles. The summed E-state index contributed by atoms with van der Waals surface area (Å²) in [5.41, 5.74) is 1.46. The van der Waals surface area contributed by atoms with E-state index in [1.807, 2.05) is 12.1 Å². The van der Waals surface area contributed by atoms with E-state index in [1.165, 1.54) is 12.1 Å². The topological polar surface area (TPSA) is 48.9 Å². The van der Waals surface area contributed by atoms with Gasteiger partial charge >= 0.3 is 0 Å². The Morgan fingerprint density at radius 3 is 2.36 bits per heavy atom. The molecule has 2 aromatic carbocycles. The summed E-state index contributed by atoms with van der Waals surface area (Å²) >= 11 is 5.90. The summed E-state index contributed by atoms with van der Waals surface area (Å²) in [5.74, 6) is 0.865. The van der Waals surface area contributed by atoms with Crippen molar-refractivity contribution in [1.29, 1.82) is 0 Å². The third-order valence-corrected chi connectivity index (χ3v) is 5.84. The van der Waals surface area contributed by atoms with Crippen molar-refractivity contribution in [2.45, 2.75) is 6.54 Å². The van der Waals surface area contributed by atoms with Crippen LogP contribution in [-0.2, 0) is 11.3 Å². The number of pyridine rings is 1. The van der Waals surface area contributed by atoms with Crippen molar-refractivity contribution in [3.63, 3.8) is 0 Å². The Labute approximate surface area is 198 Å². The summed E-state index contributed by atoms with van der Waals surface area (Å²) in [5, 5.41) is 0.592. The predicted molar refractivity (Wildman–Crippen MR) is 128 cm³/mol. The summed E-state index contributed by atoms with van der Waals surface area (Å²) in [7, 11) is 2.12. The van der Waals surface area contributed by atoms with Gasteiger partial charge in [0.05, 0.1) is 6.54 Å². The van der Waals surface area contributed by atoms with Gasteiger partial charge in [-0.2, -0.15) is 0 Å². The van der Waals surface area contributed by atoms with E-state index in [-0.39, 0.29) is 18.3 Å². The van der Waals surface area contributed by atoms with E-state index >= 15 is 0 Å². The zero-order valence-electron chi connectivity index (χ0n) is 18.5. The Bertz CT molecular complexity index is 1050. The second-order valence-corrected chi connectivity index (χ2v) is 8.45. The SMILES string of the molecule is CN1CCN(c2ccc(CN(C(=O)COc3ccc(Cl)cc3)c3ccc(F)cc3)cn2)CC1. The average molecular weight is 469 g/mol.